The summed E-state index contributed by atoms with van der Waals surface area (Å²) in [6.45, 7) is 3.63. The number of carbonyl (C=O) groups excluding carboxylic acids is 1. The molecule has 1 aromatic rings. The molecule has 0 spiro atoms. The van der Waals surface area contributed by atoms with Crippen LogP contribution < -0.4 is 5.73 Å². The van der Waals surface area contributed by atoms with E-state index in [9.17, 15) is 4.79 Å². The van der Waals surface area contributed by atoms with Gasteiger partial charge in [-0.3, -0.25) is 4.79 Å². The zero-order chi connectivity index (χ0) is 14.9. The maximum atomic E-state index is 12.6. The molecular weight excluding hydrogens is 264 g/mol. The smallest absolute Gasteiger partial charge is 0.223 e. The molecule has 1 aliphatic heterocycles. The highest BCUT2D eigenvalue weighted by atomic mass is 16.5. The van der Waals surface area contributed by atoms with E-state index in [4.69, 9.17) is 10.5 Å². The van der Waals surface area contributed by atoms with Gasteiger partial charge in [-0.1, -0.05) is 30.3 Å². The van der Waals surface area contributed by atoms with Crippen LogP contribution in [0.3, 0.4) is 0 Å². The Morgan fingerprint density at radius 3 is 2.62 bits per heavy atom. The average molecular weight is 290 g/mol. The minimum atomic E-state index is 0.249. The van der Waals surface area contributed by atoms with E-state index >= 15 is 0 Å². The highest BCUT2D eigenvalue weighted by molar-refractivity contribution is 5.76. The molecule has 116 valence electrons. The van der Waals surface area contributed by atoms with Gasteiger partial charge in [0.05, 0.1) is 0 Å². The maximum Gasteiger partial charge on any atom is 0.223 e. The Morgan fingerprint density at radius 2 is 1.95 bits per heavy atom. The summed E-state index contributed by atoms with van der Waals surface area (Å²) in [5, 5.41) is 0. The Labute approximate surface area is 127 Å². The molecule has 4 heteroatoms. The zero-order valence-electron chi connectivity index (χ0n) is 12.7. The summed E-state index contributed by atoms with van der Waals surface area (Å²) in [7, 11) is 0. The van der Waals surface area contributed by atoms with Crippen LogP contribution in [0.2, 0.25) is 0 Å². The van der Waals surface area contributed by atoms with E-state index < -0.39 is 0 Å². The lowest BCUT2D eigenvalue weighted by Gasteiger charge is -2.27. The molecule has 2 rings (SSSR count). The van der Waals surface area contributed by atoms with Gasteiger partial charge in [0.2, 0.25) is 5.91 Å². The predicted molar refractivity (Wildman–Crippen MR) is 83.7 cm³/mol. The summed E-state index contributed by atoms with van der Waals surface area (Å²) in [4.78, 5) is 14.5. The van der Waals surface area contributed by atoms with Crippen molar-refractivity contribution in [2.75, 3.05) is 26.3 Å². The first kappa shape index (κ1) is 16.0. The molecule has 1 heterocycles. The number of ether oxygens (including phenoxy) is 1. The van der Waals surface area contributed by atoms with E-state index in [0.717, 1.165) is 39.0 Å². The average Bonchev–Trinajstić information content (AvgIpc) is 2.53. The highest BCUT2D eigenvalue weighted by Crippen LogP contribution is 2.20. The summed E-state index contributed by atoms with van der Waals surface area (Å²) in [5.41, 5.74) is 6.78. The van der Waals surface area contributed by atoms with E-state index in [1.54, 1.807) is 0 Å². The lowest BCUT2D eigenvalue weighted by molar-refractivity contribution is -0.133. The SMILES string of the molecule is NCCCN(Cc1ccccc1)C(=O)CC1CCOCC1. The van der Waals surface area contributed by atoms with Gasteiger partial charge in [0, 0.05) is 32.7 Å². The van der Waals surface area contributed by atoms with Crippen molar-refractivity contribution in [2.24, 2.45) is 11.7 Å². The second kappa shape index (κ2) is 8.80. The first-order valence-electron chi connectivity index (χ1n) is 7.89. The monoisotopic (exact) mass is 290 g/mol. The third-order valence-electron chi connectivity index (χ3n) is 4.01. The van der Waals surface area contributed by atoms with Crippen LogP contribution in [0, 0.1) is 5.92 Å². The molecule has 1 amide bonds. The van der Waals surface area contributed by atoms with Crippen LogP contribution in [0.4, 0.5) is 0 Å². The molecule has 1 fully saturated rings. The lowest BCUT2D eigenvalue weighted by atomic mass is 9.96. The van der Waals surface area contributed by atoms with Crippen molar-refractivity contribution in [2.45, 2.75) is 32.2 Å². The Kier molecular flexibility index (Phi) is 6.70. The van der Waals surface area contributed by atoms with Gasteiger partial charge < -0.3 is 15.4 Å². The van der Waals surface area contributed by atoms with Gasteiger partial charge in [-0.15, -0.1) is 0 Å². The molecule has 21 heavy (non-hydrogen) atoms. The van der Waals surface area contributed by atoms with E-state index in [2.05, 4.69) is 12.1 Å². The third-order valence-corrected chi connectivity index (χ3v) is 4.01. The second-order valence-corrected chi connectivity index (χ2v) is 5.70. The molecule has 1 saturated heterocycles. The molecular formula is C17H26N2O2. The summed E-state index contributed by atoms with van der Waals surface area (Å²) < 4.78 is 5.36. The van der Waals surface area contributed by atoms with Crippen molar-refractivity contribution in [3.63, 3.8) is 0 Å². The van der Waals surface area contributed by atoms with E-state index in [0.29, 0.717) is 25.4 Å². The minimum absolute atomic E-state index is 0.249. The summed E-state index contributed by atoms with van der Waals surface area (Å²) >= 11 is 0. The van der Waals surface area contributed by atoms with Crippen molar-refractivity contribution < 1.29 is 9.53 Å². The molecule has 0 bridgehead atoms. The van der Waals surface area contributed by atoms with Crippen molar-refractivity contribution in [3.05, 3.63) is 35.9 Å². The van der Waals surface area contributed by atoms with Crippen LogP contribution in [0.25, 0.3) is 0 Å². The van der Waals surface area contributed by atoms with E-state index in [-0.39, 0.29) is 5.91 Å². The number of hydrogen-bond acceptors (Lipinski definition) is 3. The van der Waals surface area contributed by atoms with Crippen LogP contribution >= 0.6 is 0 Å². The van der Waals surface area contributed by atoms with Crippen LogP contribution in [-0.4, -0.2) is 37.1 Å². The standard InChI is InChI=1S/C17H26N2O2/c18-9-4-10-19(14-16-5-2-1-3-6-16)17(20)13-15-7-11-21-12-8-15/h1-3,5-6,15H,4,7-14,18H2. The number of amides is 1. The van der Waals surface area contributed by atoms with Crippen molar-refractivity contribution in [1.29, 1.82) is 0 Å². The predicted octanol–water partition coefficient (Wildman–Crippen LogP) is 2.18. The van der Waals surface area contributed by atoms with Crippen LogP contribution in [0.5, 0.6) is 0 Å². The minimum Gasteiger partial charge on any atom is -0.381 e. The number of benzene rings is 1. The topological polar surface area (TPSA) is 55.6 Å². The van der Waals surface area contributed by atoms with Gasteiger partial charge in [-0.05, 0) is 37.3 Å². The highest BCUT2D eigenvalue weighted by Gasteiger charge is 2.21. The van der Waals surface area contributed by atoms with Crippen molar-refractivity contribution in [1.82, 2.24) is 4.90 Å². The molecule has 1 aliphatic rings. The third kappa shape index (κ3) is 5.48. The molecule has 0 aromatic heterocycles. The second-order valence-electron chi connectivity index (χ2n) is 5.70. The molecule has 0 radical (unpaired) electrons. The first-order valence-corrected chi connectivity index (χ1v) is 7.89. The molecule has 0 saturated carbocycles. The normalized spacial score (nSPS) is 15.9. The van der Waals surface area contributed by atoms with E-state index in [1.807, 2.05) is 23.1 Å². The molecule has 0 aliphatic carbocycles. The Hall–Kier alpha value is -1.39. The van der Waals surface area contributed by atoms with Crippen molar-refractivity contribution >= 4 is 5.91 Å². The Bertz CT molecular complexity index is 416. The Balaban J connectivity index is 1.92. The zero-order valence-corrected chi connectivity index (χ0v) is 12.7. The number of nitrogens with two attached hydrogens (primary N) is 1. The van der Waals surface area contributed by atoms with Gasteiger partial charge >= 0.3 is 0 Å². The first-order chi connectivity index (χ1) is 10.3. The van der Waals surface area contributed by atoms with E-state index in [1.165, 1.54) is 5.56 Å². The molecule has 0 atom stereocenters. The van der Waals surface area contributed by atoms with Crippen LogP contribution in [-0.2, 0) is 16.1 Å². The van der Waals surface area contributed by atoms with Gasteiger partial charge in [0.15, 0.2) is 0 Å². The fourth-order valence-electron chi connectivity index (χ4n) is 2.70. The summed E-state index contributed by atoms with van der Waals surface area (Å²) in [6.07, 6.45) is 3.50. The number of nitrogens with zero attached hydrogens (tertiary/aromatic N) is 1. The molecule has 4 nitrogen and oxygen atoms in total. The number of hydrogen-bond donors (Lipinski definition) is 1. The number of rotatable bonds is 7. The molecule has 2 N–H and O–H groups in total. The van der Waals surface area contributed by atoms with Crippen molar-refractivity contribution in [3.8, 4) is 0 Å². The summed E-state index contributed by atoms with van der Waals surface area (Å²) in [5.74, 6) is 0.724. The quantitative estimate of drug-likeness (QED) is 0.837. The van der Waals surface area contributed by atoms with Crippen LogP contribution in [0.1, 0.15) is 31.2 Å². The van der Waals surface area contributed by atoms with Gasteiger partial charge in [0.25, 0.3) is 0 Å². The van der Waals surface area contributed by atoms with Gasteiger partial charge in [-0.2, -0.15) is 0 Å². The maximum absolute atomic E-state index is 12.6. The fraction of sp³-hybridized carbons (Fsp3) is 0.588. The molecule has 1 aromatic carbocycles. The van der Waals surface area contributed by atoms with Gasteiger partial charge in [0.1, 0.15) is 0 Å². The fourth-order valence-corrected chi connectivity index (χ4v) is 2.70. The number of carbonyl (C=O) groups is 1. The summed E-state index contributed by atoms with van der Waals surface area (Å²) in [6, 6.07) is 10.2. The lowest BCUT2D eigenvalue weighted by Crippen LogP contribution is -2.34. The largest absolute Gasteiger partial charge is 0.381 e. The van der Waals surface area contributed by atoms with Crippen LogP contribution in [0.15, 0.2) is 30.3 Å². The molecule has 0 unspecified atom stereocenters. The Morgan fingerprint density at radius 1 is 1.24 bits per heavy atom. The van der Waals surface area contributed by atoms with Gasteiger partial charge in [-0.25, -0.2) is 0 Å².